The Labute approximate surface area is 116 Å². The Bertz CT molecular complexity index is 654. The van der Waals surface area contributed by atoms with Crippen LogP contribution in [0.5, 0.6) is 0 Å². The van der Waals surface area contributed by atoms with Gasteiger partial charge in [-0.1, -0.05) is 36.4 Å². The molecule has 0 amide bonds. The van der Waals surface area contributed by atoms with Crippen molar-refractivity contribution in [1.29, 1.82) is 0 Å². The van der Waals surface area contributed by atoms with E-state index in [2.05, 4.69) is 48.5 Å². The largest absolute Gasteiger partial charge is 0.122 e. The van der Waals surface area contributed by atoms with E-state index < -0.39 is 0 Å². The summed E-state index contributed by atoms with van der Waals surface area (Å²) in [6.45, 7) is 0. The molecular weight excluding hydrogens is 263 g/mol. The monoisotopic (exact) mass is 274 g/mol. The zero-order valence-corrected chi connectivity index (χ0v) is 11.3. The van der Waals surface area contributed by atoms with Crippen molar-refractivity contribution in [1.82, 2.24) is 0 Å². The molecule has 0 bridgehead atoms. The molecule has 3 rings (SSSR count). The minimum atomic E-state index is 0.555. The maximum absolute atomic E-state index is 5.87. The summed E-state index contributed by atoms with van der Waals surface area (Å²) in [6, 6.07) is 17.1. The molecule has 3 aromatic rings. The highest BCUT2D eigenvalue weighted by Gasteiger charge is 2.02. The molecule has 0 spiro atoms. The highest BCUT2D eigenvalue weighted by atomic mass is 35.5. The predicted octanol–water partition coefficient (Wildman–Crippen LogP) is 5.47. The van der Waals surface area contributed by atoms with Crippen molar-refractivity contribution in [3.63, 3.8) is 0 Å². The van der Waals surface area contributed by atoms with E-state index in [0.717, 1.165) is 11.1 Å². The summed E-state index contributed by atoms with van der Waals surface area (Å²) < 4.78 is 0. The van der Waals surface area contributed by atoms with Crippen LogP contribution in [0, 0.1) is 0 Å². The van der Waals surface area contributed by atoms with Gasteiger partial charge in [0.2, 0.25) is 0 Å². The van der Waals surface area contributed by atoms with Gasteiger partial charge in [0.1, 0.15) is 0 Å². The molecule has 0 radical (unpaired) electrons. The zero-order valence-electron chi connectivity index (χ0n) is 9.79. The normalized spacial score (nSPS) is 11.2. The van der Waals surface area contributed by atoms with Crippen LogP contribution in [-0.2, 0) is 11.8 Å². The van der Waals surface area contributed by atoms with Crippen LogP contribution in [0.25, 0.3) is 21.5 Å². The number of alkyl halides is 2. The topological polar surface area (TPSA) is 0 Å². The fourth-order valence-electron chi connectivity index (χ4n) is 2.34. The summed E-state index contributed by atoms with van der Waals surface area (Å²) >= 11 is 11.7. The lowest BCUT2D eigenvalue weighted by molar-refractivity contribution is 1.42. The Morgan fingerprint density at radius 1 is 0.611 bits per heavy atom. The summed E-state index contributed by atoms with van der Waals surface area (Å²) in [5.41, 5.74) is 2.31. The lowest BCUT2D eigenvalue weighted by atomic mass is 9.99. The lowest BCUT2D eigenvalue weighted by Gasteiger charge is -2.06. The first-order chi connectivity index (χ1) is 8.81. The van der Waals surface area contributed by atoms with E-state index >= 15 is 0 Å². The van der Waals surface area contributed by atoms with Crippen LogP contribution in [0.4, 0.5) is 0 Å². The van der Waals surface area contributed by atoms with E-state index in [0.29, 0.717) is 11.8 Å². The van der Waals surface area contributed by atoms with E-state index in [1.165, 1.54) is 21.5 Å². The summed E-state index contributed by atoms with van der Waals surface area (Å²) in [6.07, 6.45) is 0. The molecule has 2 heteroatoms. The molecule has 0 aliphatic heterocycles. The molecule has 0 saturated heterocycles. The smallest absolute Gasteiger partial charge is 0.0474 e. The van der Waals surface area contributed by atoms with Gasteiger partial charge in [0.15, 0.2) is 0 Å². The quantitative estimate of drug-likeness (QED) is 0.429. The molecule has 0 unspecified atom stereocenters. The molecule has 0 heterocycles. The average Bonchev–Trinajstić information content (AvgIpc) is 2.45. The van der Waals surface area contributed by atoms with Crippen molar-refractivity contribution >= 4 is 44.7 Å². The van der Waals surface area contributed by atoms with Crippen LogP contribution in [-0.4, -0.2) is 0 Å². The first-order valence-electron chi connectivity index (χ1n) is 5.88. The number of benzene rings is 3. The van der Waals surface area contributed by atoms with Crippen molar-refractivity contribution < 1.29 is 0 Å². The van der Waals surface area contributed by atoms with Gasteiger partial charge in [-0.15, -0.1) is 23.2 Å². The average molecular weight is 275 g/mol. The lowest BCUT2D eigenvalue weighted by Crippen LogP contribution is -1.83. The molecule has 0 fully saturated rings. The van der Waals surface area contributed by atoms with Gasteiger partial charge in [0, 0.05) is 11.8 Å². The zero-order chi connectivity index (χ0) is 12.5. The van der Waals surface area contributed by atoms with E-state index in [4.69, 9.17) is 23.2 Å². The predicted molar refractivity (Wildman–Crippen MR) is 80.6 cm³/mol. The minimum absolute atomic E-state index is 0.555. The number of halogens is 2. The van der Waals surface area contributed by atoms with Crippen molar-refractivity contribution in [2.24, 2.45) is 0 Å². The van der Waals surface area contributed by atoms with Gasteiger partial charge >= 0.3 is 0 Å². The standard InChI is InChI=1S/C16H12Cl2/c17-9-11-1-5-15-13(7-11)3-4-14-8-12(10-18)2-6-16(14)15/h1-8H,9-10H2. The summed E-state index contributed by atoms with van der Waals surface area (Å²) in [7, 11) is 0. The Morgan fingerprint density at radius 3 is 1.44 bits per heavy atom. The third-order valence-electron chi connectivity index (χ3n) is 3.27. The van der Waals surface area contributed by atoms with Crippen LogP contribution < -0.4 is 0 Å². The molecule has 18 heavy (non-hydrogen) atoms. The van der Waals surface area contributed by atoms with E-state index in [1.807, 2.05) is 0 Å². The van der Waals surface area contributed by atoms with E-state index in [1.54, 1.807) is 0 Å². The van der Waals surface area contributed by atoms with Gasteiger partial charge in [-0.05, 0) is 44.8 Å². The molecule has 0 aliphatic carbocycles. The van der Waals surface area contributed by atoms with Crippen LogP contribution in [0.3, 0.4) is 0 Å². The van der Waals surface area contributed by atoms with Gasteiger partial charge < -0.3 is 0 Å². The Morgan fingerprint density at radius 2 is 1.06 bits per heavy atom. The van der Waals surface area contributed by atoms with E-state index in [-0.39, 0.29) is 0 Å². The van der Waals surface area contributed by atoms with Gasteiger partial charge in [-0.25, -0.2) is 0 Å². The maximum atomic E-state index is 5.87. The number of fused-ring (bicyclic) bond motifs is 3. The van der Waals surface area contributed by atoms with Crippen LogP contribution in [0.2, 0.25) is 0 Å². The third-order valence-corrected chi connectivity index (χ3v) is 3.89. The summed E-state index contributed by atoms with van der Waals surface area (Å²) in [5.74, 6) is 1.11. The summed E-state index contributed by atoms with van der Waals surface area (Å²) in [5, 5.41) is 5.00. The van der Waals surface area contributed by atoms with E-state index in [9.17, 15) is 0 Å². The Kier molecular flexibility index (Phi) is 3.15. The van der Waals surface area contributed by atoms with Gasteiger partial charge in [0.25, 0.3) is 0 Å². The van der Waals surface area contributed by atoms with Crippen molar-refractivity contribution in [2.45, 2.75) is 11.8 Å². The first kappa shape index (κ1) is 11.8. The fraction of sp³-hybridized carbons (Fsp3) is 0.125. The molecule has 0 aromatic heterocycles. The van der Waals surface area contributed by atoms with Crippen molar-refractivity contribution in [3.05, 3.63) is 59.7 Å². The van der Waals surface area contributed by atoms with Crippen molar-refractivity contribution in [2.75, 3.05) is 0 Å². The Balaban J connectivity index is 2.32. The number of rotatable bonds is 2. The molecule has 0 nitrogen and oxygen atoms in total. The molecular formula is C16H12Cl2. The summed E-state index contributed by atoms with van der Waals surface area (Å²) in [4.78, 5) is 0. The molecule has 0 N–H and O–H groups in total. The van der Waals surface area contributed by atoms with Crippen LogP contribution in [0.15, 0.2) is 48.5 Å². The second kappa shape index (κ2) is 4.79. The molecule has 0 atom stereocenters. The second-order valence-electron chi connectivity index (χ2n) is 4.44. The molecule has 90 valence electrons. The maximum Gasteiger partial charge on any atom is 0.0474 e. The van der Waals surface area contributed by atoms with Gasteiger partial charge in [-0.2, -0.15) is 0 Å². The van der Waals surface area contributed by atoms with Gasteiger partial charge in [-0.3, -0.25) is 0 Å². The SMILES string of the molecule is ClCc1ccc2c(ccc3cc(CCl)ccc32)c1. The highest BCUT2D eigenvalue weighted by molar-refractivity contribution is 6.18. The highest BCUT2D eigenvalue weighted by Crippen LogP contribution is 2.27. The number of hydrogen-bond acceptors (Lipinski definition) is 0. The second-order valence-corrected chi connectivity index (χ2v) is 4.98. The molecule has 3 aromatic carbocycles. The van der Waals surface area contributed by atoms with Crippen molar-refractivity contribution in [3.8, 4) is 0 Å². The molecule has 0 saturated carbocycles. The first-order valence-corrected chi connectivity index (χ1v) is 6.95. The van der Waals surface area contributed by atoms with Crippen LogP contribution in [0.1, 0.15) is 11.1 Å². The van der Waals surface area contributed by atoms with Crippen LogP contribution >= 0.6 is 23.2 Å². The van der Waals surface area contributed by atoms with Gasteiger partial charge in [0.05, 0.1) is 0 Å². The number of hydrogen-bond donors (Lipinski definition) is 0. The minimum Gasteiger partial charge on any atom is -0.122 e. The third kappa shape index (κ3) is 1.96. The Hall–Kier alpha value is -1.24. The molecule has 0 aliphatic rings. The fourth-order valence-corrected chi connectivity index (χ4v) is 2.67.